The molecule has 1 aromatic heterocycles. The van der Waals surface area contributed by atoms with E-state index in [1.54, 1.807) is 6.33 Å². The zero-order chi connectivity index (χ0) is 11.8. The van der Waals surface area contributed by atoms with Crippen molar-refractivity contribution in [1.29, 1.82) is 0 Å². The van der Waals surface area contributed by atoms with Gasteiger partial charge < -0.3 is 4.98 Å². The number of H-pyrrole nitrogens is 1. The molecular formula is C15H24N2. The van der Waals surface area contributed by atoms with Crippen LogP contribution in [0.2, 0.25) is 0 Å². The first-order valence-corrected chi connectivity index (χ1v) is 7.08. The molecule has 1 N–H and O–H groups in total. The van der Waals surface area contributed by atoms with Crippen LogP contribution in [0.15, 0.2) is 24.7 Å². The van der Waals surface area contributed by atoms with Gasteiger partial charge in [0.15, 0.2) is 0 Å². The number of nitrogens with one attached hydrogen (secondary N) is 1. The standard InChI is InChI=1S/C15H24N2/c1(2-7-11-15-12-16-13-17-15)4-8-14-9-5-3-6-10-14/h1-2,12-14H,3-11H2,(H,16,17)/b2-1+. The first-order valence-electron chi connectivity index (χ1n) is 7.08. The van der Waals surface area contributed by atoms with Crippen molar-refractivity contribution in [2.45, 2.75) is 57.8 Å². The summed E-state index contributed by atoms with van der Waals surface area (Å²) in [5, 5.41) is 0. The molecule has 1 aliphatic carbocycles. The van der Waals surface area contributed by atoms with Crippen molar-refractivity contribution in [1.82, 2.24) is 9.97 Å². The molecule has 1 aliphatic rings. The molecule has 2 nitrogen and oxygen atoms in total. The molecule has 0 aliphatic heterocycles. The van der Waals surface area contributed by atoms with E-state index in [9.17, 15) is 0 Å². The third-order valence-corrected chi connectivity index (χ3v) is 3.75. The molecule has 1 aromatic rings. The van der Waals surface area contributed by atoms with Gasteiger partial charge in [0.1, 0.15) is 0 Å². The van der Waals surface area contributed by atoms with Crippen LogP contribution in [0, 0.1) is 5.92 Å². The van der Waals surface area contributed by atoms with Crippen molar-refractivity contribution in [2.24, 2.45) is 5.92 Å². The topological polar surface area (TPSA) is 28.7 Å². The van der Waals surface area contributed by atoms with E-state index in [-0.39, 0.29) is 0 Å². The predicted octanol–water partition coefficient (Wildman–Crippen LogP) is 4.26. The summed E-state index contributed by atoms with van der Waals surface area (Å²) in [5.74, 6) is 1.01. The molecule has 0 spiro atoms. The second-order valence-electron chi connectivity index (χ2n) is 5.15. The van der Waals surface area contributed by atoms with E-state index in [1.165, 1.54) is 50.6 Å². The Labute approximate surface area is 105 Å². The van der Waals surface area contributed by atoms with Crippen LogP contribution in [0.3, 0.4) is 0 Å². The summed E-state index contributed by atoms with van der Waals surface area (Å²) in [4.78, 5) is 7.21. The summed E-state index contributed by atoms with van der Waals surface area (Å²) in [5.41, 5.74) is 1.17. The van der Waals surface area contributed by atoms with E-state index in [0.717, 1.165) is 18.8 Å². The number of rotatable bonds is 6. The molecule has 1 fully saturated rings. The summed E-state index contributed by atoms with van der Waals surface area (Å²) < 4.78 is 0. The molecule has 1 heterocycles. The Morgan fingerprint density at radius 1 is 1.18 bits per heavy atom. The van der Waals surface area contributed by atoms with Gasteiger partial charge in [-0.1, -0.05) is 44.3 Å². The Balaban J connectivity index is 1.52. The fraction of sp³-hybridized carbons (Fsp3) is 0.667. The first-order chi connectivity index (χ1) is 8.45. The van der Waals surface area contributed by atoms with Crippen LogP contribution in [-0.2, 0) is 6.42 Å². The second kappa shape index (κ2) is 7.31. The Morgan fingerprint density at radius 2 is 2.00 bits per heavy atom. The summed E-state index contributed by atoms with van der Waals surface area (Å²) in [6.07, 6.45) is 20.6. The molecule has 0 amide bonds. The number of imidazole rings is 1. The highest BCUT2D eigenvalue weighted by molar-refractivity contribution is 4.96. The monoisotopic (exact) mass is 232 g/mol. The maximum atomic E-state index is 4.22. The van der Waals surface area contributed by atoms with Crippen LogP contribution in [0.25, 0.3) is 0 Å². The number of hydrogen-bond donors (Lipinski definition) is 1. The van der Waals surface area contributed by atoms with E-state index >= 15 is 0 Å². The molecule has 1 saturated carbocycles. The zero-order valence-electron chi connectivity index (χ0n) is 10.7. The van der Waals surface area contributed by atoms with E-state index in [1.807, 2.05) is 6.20 Å². The molecule has 2 rings (SSSR count). The number of aromatic nitrogens is 2. The summed E-state index contributed by atoms with van der Waals surface area (Å²) in [7, 11) is 0. The fourth-order valence-electron chi connectivity index (χ4n) is 2.70. The van der Waals surface area contributed by atoms with Gasteiger partial charge in [-0.15, -0.1) is 0 Å². The van der Waals surface area contributed by atoms with E-state index in [4.69, 9.17) is 0 Å². The first kappa shape index (κ1) is 12.4. The van der Waals surface area contributed by atoms with Crippen LogP contribution < -0.4 is 0 Å². The number of aromatic amines is 1. The molecule has 0 saturated heterocycles. The molecule has 0 radical (unpaired) electrons. The third kappa shape index (κ3) is 4.76. The van der Waals surface area contributed by atoms with Crippen molar-refractivity contribution in [3.05, 3.63) is 30.4 Å². The number of hydrogen-bond acceptors (Lipinski definition) is 1. The van der Waals surface area contributed by atoms with Gasteiger partial charge in [-0.2, -0.15) is 0 Å². The van der Waals surface area contributed by atoms with E-state index < -0.39 is 0 Å². The molecule has 94 valence electrons. The SMILES string of the molecule is C(=C\CCC1CCCCC1)/CCc1c[nH]cn1. The highest BCUT2D eigenvalue weighted by Gasteiger charge is 2.11. The summed E-state index contributed by atoms with van der Waals surface area (Å²) >= 11 is 0. The minimum Gasteiger partial charge on any atom is -0.351 e. The van der Waals surface area contributed by atoms with Gasteiger partial charge >= 0.3 is 0 Å². The normalized spacial score (nSPS) is 17.9. The fourth-order valence-corrected chi connectivity index (χ4v) is 2.70. The molecule has 0 atom stereocenters. The average Bonchev–Trinajstić information content (AvgIpc) is 2.88. The Morgan fingerprint density at radius 3 is 2.76 bits per heavy atom. The smallest absolute Gasteiger partial charge is 0.0923 e. The highest BCUT2D eigenvalue weighted by atomic mass is 14.9. The highest BCUT2D eigenvalue weighted by Crippen LogP contribution is 2.27. The van der Waals surface area contributed by atoms with Crippen molar-refractivity contribution >= 4 is 0 Å². The lowest BCUT2D eigenvalue weighted by Crippen LogP contribution is -2.05. The Kier molecular flexibility index (Phi) is 5.34. The van der Waals surface area contributed by atoms with Gasteiger partial charge in [-0.3, -0.25) is 0 Å². The minimum atomic E-state index is 1.01. The lowest BCUT2D eigenvalue weighted by Gasteiger charge is -2.20. The van der Waals surface area contributed by atoms with Crippen molar-refractivity contribution in [3.8, 4) is 0 Å². The van der Waals surface area contributed by atoms with Crippen LogP contribution in [0.1, 0.15) is 57.1 Å². The van der Waals surface area contributed by atoms with Gasteiger partial charge in [0.25, 0.3) is 0 Å². The van der Waals surface area contributed by atoms with Crippen molar-refractivity contribution in [3.63, 3.8) is 0 Å². The Hall–Kier alpha value is -1.05. The van der Waals surface area contributed by atoms with Gasteiger partial charge in [-0.05, 0) is 31.6 Å². The van der Waals surface area contributed by atoms with Gasteiger partial charge in [0.2, 0.25) is 0 Å². The minimum absolute atomic E-state index is 1.01. The lowest BCUT2D eigenvalue weighted by atomic mass is 9.86. The molecular weight excluding hydrogens is 208 g/mol. The van der Waals surface area contributed by atoms with Crippen molar-refractivity contribution < 1.29 is 0 Å². The number of aryl methyl sites for hydroxylation is 1. The second-order valence-corrected chi connectivity index (χ2v) is 5.15. The predicted molar refractivity (Wildman–Crippen MR) is 71.9 cm³/mol. The maximum Gasteiger partial charge on any atom is 0.0923 e. The van der Waals surface area contributed by atoms with E-state index in [0.29, 0.717) is 0 Å². The van der Waals surface area contributed by atoms with Gasteiger partial charge in [0, 0.05) is 6.20 Å². The van der Waals surface area contributed by atoms with Crippen LogP contribution in [0.4, 0.5) is 0 Å². The lowest BCUT2D eigenvalue weighted by molar-refractivity contribution is 0.341. The van der Waals surface area contributed by atoms with Gasteiger partial charge in [-0.25, -0.2) is 4.98 Å². The zero-order valence-corrected chi connectivity index (χ0v) is 10.7. The molecule has 0 bridgehead atoms. The van der Waals surface area contributed by atoms with Crippen LogP contribution in [0.5, 0.6) is 0 Å². The number of allylic oxidation sites excluding steroid dienone is 2. The average molecular weight is 232 g/mol. The molecule has 17 heavy (non-hydrogen) atoms. The van der Waals surface area contributed by atoms with Crippen LogP contribution in [-0.4, -0.2) is 9.97 Å². The molecule has 0 unspecified atom stereocenters. The Bertz CT molecular complexity index is 308. The number of nitrogens with zero attached hydrogens (tertiary/aromatic N) is 1. The van der Waals surface area contributed by atoms with Crippen molar-refractivity contribution in [2.75, 3.05) is 0 Å². The summed E-state index contributed by atoms with van der Waals surface area (Å²) in [6.45, 7) is 0. The third-order valence-electron chi connectivity index (χ3n) is 3.75. The maximum absolute atomic E-state index is 4.22. The van der Waals surface area contributed by atoms with Crippen LogP contribution >= 0.6 is 0 Å². The van der Waals surface area contributed by atoms with Gasteiger partial charge in [0.05, 0.1) is 12.0 Å². The largest absolute Gasteiger partial charge is 0.351 e. The van der Waals surface area contributed by atoms with E-state index in [2.05, 4.69) is 22.1 Å². The summed E-state index contributed by atoms with van der Waals surface area (Å²) in [6, 6.07) is 0. The molecule has 0 aromatic carbocycles. The molecule has 2 heteroatoms. The quantitative estimate of drug-likeness (QED) is 0.729.